The summed E-state index contributed by atoms with van der Waals surface area (Å²) >= 11 is 0. The van der Waals surface area contributed by atoms with E-state index in [4.69, 9.17) is 0 Å². The van der Waals surface area contributed by atoms with Crippen LogP contribution in [0.3, 0.4) is 0 Å². The third-order valence-electron chi connectivity index (χ3n) is 5.60. The average molecular weight is 377 g/mol. The minimum absolute atomic E-state index is 0.0619. The first-order valence-corrected chi connectivity index (χ1v) is 10.3. The number of hydrogen-bond acceptors (Lipinski definition) is 5. The van der Waals surface area contributed by atoms with Crippen LogP contribution in [0, 0.1) is 5.92 Å². The third-order valence-corrected chi connectivity index (χ3v) is 5.60. The van der Waals surface area contributed by atoms with E-state index in [1.54, 1.807) is 11.1 Å². The minimum atomic E-state index is -0.138. The lowest BCUT2D eigenvalue weighted by Gasteiger charge is -2.32. The summed E-state index contributed by atoms with van der Waals surface area (Å²) in [4.78, 5) is 27.1. The van der Waals surface area contributed by atoms with Crippen LogP contribution in [0.1, 0.15) is 68.9 Å². The van der Waals surface area contributed by atoms with Gasteiger partial charge >= 0.3 is 0 Å². The van der Waals surface area contributed by atoms with Gasteiger partial charge in [-0.05, 0) is 52.1 Å². The summed E-state index contributed by atoms with van der Waals surface area (Å²) in [5.41, 5.74) is 0.383. The van der Waals surface area contributed by atoms with Gasteiger partial charge in [-0.15, -0.1) is 5.10 Å². The fourth-order valence-corrected chi connectivity index (χ4v) is 4.03. The Morgan fingerprint density at radius 2 is 2.11 bits per heavy atom. The highest BCUT2D eigenvalue weighted by Gasteiger charge is 2.30. The Morgan fingerprint density at radius 3 is 2.85 bits per heavy atom. The first kappa shape index (κ1) is 19.8. The number of amides is 2. The first-order chi connectivity index (χ1) is 13.1. The Hall–Kier alpha value is -1.96. The Kier molecular flexibility index (Phi) is 6.82. The molecule has 0 aromatic carbocycles. The summed E-state index contributed by atoms with van der Waals surface area (Å²) in [5, 5.41) is 14.7. The fraction of sp³-hybridized carbons (Fsp3) is 0.789. The van der Waals surface area contributed by atoms with Gasteiger partial charge in [-0.3, -0.25) is 9.59 Å². The predicted octanol–water partition coefficient (Wildman–Crippen LogP) is 1.36. The molecular formula is C19H32N6O2. The number of likely N-dealkylation sites (tertiary alicyclic amines) is 1. The van der Waals surface area contributed by atoms with Gasteiger partial charge in [0.1, 0.15) is 0 Å². The van der Waals surface area contributed by atoms with Crippen molar-refractivity contribution >= 4 is 11.8 Å². The highest BCUT2D eigenvalue weighted by Crippen LogP contribution is 2.20. The second-order valence-electron chi connectivity index (χ2n) is 7.85. The second-order valence-corrected chi connectivity index (χ2v) is 7.85. The molecule has 8 nitrogen and oxygen atoms in total. The molecule has 2 amide bonds. The number of nitrogens with one attached hydrogen (secondary N) is 2. The van der Waals surface area contributed by atoms with Crippen molar-refractivity contribution in [2.75, 3.05) is 26.2 Å². The van der Waals surface area contributed by atoms with Crippen molar-refractivity contribution in [2.24, 2.45) is 5.92 Å². The van der Waals surface area contributed by atoms with E-state index in [1.165, 1.54) is 0 Å². The average Bonchev–Trinajstić information content (AvgIpc) is 3.18. The van der Waals surface area contributed by atoms with Crippen molar-refractivity contribution in [1.29, 1.82) is 0 Å². The molecule has 8 heteroatoms. The molecule has 3 heterocycles. The number of rotatable bonds is 6. The van der Waals surface area contributed by atoms with Gasteiger partial charge in [-0.25, -0.2) is 4.68 Å². The molecule has 0 aliphatic carbocycles. The smallest absolute Gasteiger partial charge is 0.276 e. The monoisotopic (exact) mass is 376 g/mol. The van der Waals surface area contributed by atoms with Gasteiger partial charge in [0.05, 0.1) is 18.2 Å². The Balaban J connectivity index is 1.58. The lowest BCUT2D eigenvalue weighted by atomic mass is 9.96. The SMILES string of the molecule is CCCC(C)NC(=O)C1CCCN(C(=O)c2cn(C3CCNCC3)nn2)C1. The third kappa shape index (κ3) is 5.06. The van der Waals surface area contributed by atoms with Gasteiger partial charge in [0.2, 0.25) is 5.91 Å². The van der Waals surface area contributed by atoms with Crippen molar-refractivity contribution in [1.82, 2.24) is 30.5 Å². The van der Waals surface area contributed by atoms with Crippen LogP contribution in [0.25, 0.3) is 0 Å². The molecule has 2 fully saturated rings. The van der Waals surface area contributed by atoms with Crippen LogP contribution in [0.2, 0.25) is 0 Å². The standard InChI is InChI=1S/C19H32N6O2/c1-3-5-14(2)21-18(26)15-6-4-11-24(12-15)19(27)17-13-25(23-22-17)16-7-9-20-10-8-16/h13-16,20H,3-12H2,1-2H3,(H,21,26). The van der Waals surface area contributed by atoms with E-state index in [1.807, 2.05) is 11.6 Å². The molecule has 150 valence electrons. The molecule has 2 aliphatic heterocycles. The van der Waals surface area contributed by atoms with Crippen LogP contribution >= 0.6 is 0 Å². The molecule has 0 radical (unpaired) electrons. The second kappa shape index (κ2) is 9.30. The van der Waals surface area contributed by atoms with Gasteiger partial charge < -0.3 is 15.5 Å². The van der Waals surface area contributed by atoms with E-state index in [0.717, 1.165) is 51.6 Å². The molecule has 0 spiro atoms. The number of aromatic nitrogens is 3. The lowest BCUT2D eigenvalue weighted by molar-refractivity contribution is -0.127. The largest absolute Gasteiger partial charge is 0.353 e. The molecule has 1 aromatic rings. The molecule has 2 N–H and O–H groups in total. The minimum Gasteiger partial charge on any atom is -0.353 e. The number of carbonyl (C=O) groups is 2. The molecule has 2 unspecified atom stereocenters. The number of nitrogens with zero attached hydrogens (tertiary/aromatic N) is 4. The van der Waals surface area contributed by atoms with Gasteiger partial charge in [0, 0.05) is 19.1 Å². The summed E-state index contributed by atoms with van der Waals surface area (Å²) in [6.45, 7) is 7.21. The van der Waals surface area contributed by atoms with Gasteiger partial charge in [0.15, 0.2) is 5.69 Å². The summed E-state index contributed by atoms with van der Waals surface area (Å²) in [7, 11) is 0. The van der Waals surface area contributed by atoms with Crippen LogP contribution < -0.4 is 10.6 Å². The lowest BCUT2D eigenvalue weighted by Crippen LogP contribution is -2.47. The number of piperidine rings is 2. The Morgan fingerprint density at radius 1 is 1.33 bits per heavy atom. The van der Waals surface area contributed by atoms with Crippen LogP contribution in [0.4, 0.5) is 0 Å². The molecule has 27 heavy (non-hydrogen) atoms. The van der Waals surface area contributed by atoms with Gasteiger partial charge in [0.25, 0.3) is 5.91 Å². The van der Waals surface area contributed by atoms with Gasteiger partial charge in [-0.1, -0.05) is 18.6 Å². The molecule has 2 aliphatic rings. The number of hydrogen-bond donors (Lipinski definition) is 2. The zero-order valence-electron chi connectivity index (χ0n) is 16.5. The first-order valence-electron chi connectivity index (χ1n) is 10.3. The van der Waals surface area contributed by atoms with E-state index >= 15 is 0 Å². The van der Waals surface area contributed by atoms with E-state index in [2.05, 4.69) is 27.9 Å². The van der Waals surface area contributed by atoms with Gasteiger partial charge in [-0.2, -0.15) is 0 Å². The molecule has 1 aromatic heterocycles. The zero-order chi connectivity index (χ0) is 19.2. The van der Waals surface area contributed by atoms with Crippen LogP contribution in [0.15, 0.2) is 6.20 Å². The normalized spacial score (nSPS) is 22.4. The highest BCUT2D eigenvalue weighted by molar-refractivity contribution is 5.92. The molecule has 0 bridgehead atoms. The topological polar surface area (TPSA) is 92.2 Å². The van der Waals surface area contributed by atoms with E-state index in [9.17, 15) is 9.59 Å². The van der Waals surface area contributed by atoms with Crippen molar-refractivity contribution in [3.8, 4) is 0 Å². The van der Waals surface area contributed by atoms with E-state index < -0.39 is 0 Å². The fourth-order valence-electron chi connectivity index (χ4n) is 4.03. The van der Waals surface area contributed by atoms with Crippen molar-refractivity contribution in [3.05, 3.63) is 11.9 Å². The van der Waals surface area contributed by atoms with Crippen LogP contribution in [-0.2, 0) is 4.79 Å². The highest BCUT2D eigenvalue weighted by atomic mass is 16.2. The summed E-state index contributed by atoms with van der Waals surface area (Å²) in [6, 6.07) is 0.485. The van der Waals surface area contributed by atoms with Crippen molar-refractivity contribution in [2.45, 2.75) is 64.5 Å². The maximum atomic E-state index is 12.9. The van der Waals surface area contributed by atoms with Crippen molar-refractivity contribution in [3.63, 3.8) is 0 Å². The quantitative estimate of drug-likeness (QED) is 0.782. The number of carbonyl (C=O) groups excluding carboxylic acids is 2. The maximum Gasteiger partial charge on any atom is 0.276 e. The van der Waals surface area contributed by atoms with Crippen LogP contribution in [0.5, 0.6) is 0 Å². The van der Waals surface area contributed by atoms with Crippen molar-refractivity contribution < 1.29 is 9.59 Å². The zero-order valence-corrected chi connectivity index (χ0v) is 16.5. The Bertz CT molecular complexity index is 640. The van der Waals surface area contributed by atoms with Crippen LogP contribution in [-0.4, -0.2) is 63.9 Å². The molecule has 2 atom stereocenters. The van der Waals surface area contributed by atoms with E-state index in [-0.39, 0.29) is 23.8 Å². The molecule has 3 rings (SSSR count). The van der Waals surface area contributed by atoms with E-state index in [0.29, 0.717) is 24.8 Å². The maximum absolute atomic E-state index is 12.9. The summed E-state index contributed by atoms with van der Waals surface area (Å²) in [6.07, 6.45) is 7.46. The molecular weight excluding hydrogens is 344 g/mol. The Labute approximate surface area is 161 Å². The molecule has 0 saturated carbocycles. The predicted molar refractivity (Wildman–Crippen MR) is 102 cm³/mol. The summed E-state index contributed by atoms with van der Waals surface area (Å²) in [5.74, 6) is -0.192. The summed E-state index contributed by atoms with van der Waals surface area (Å²) < 4.78 is 1.83. The molecule has 2 saturated heterocycles.